The number of hydrogen-bond acceptors (Lipinski definition) is 6. The second kappa shape index (κ2) is 10.2. The summed E-state index contributed by atoms with van der Waals surface area (Å²) < 4.78 is 0. The molecule has 0 aliphatic carbocycles. The molecule has 0 spiro atoms. The van der Waals surface area contributed by atoms with Crippen molar-refractivity contribution < 1.29 is 29.4 Å². The van der Waals surface area contributed by atoms with Crippen molar-refractivity contribution in [1.82, 2.24) is 20.4 Å². The van der Waals surface area contributed by atoms with Crippen LogP contribution in [0, 0.1) is 23.7 Å². The SMILES string of the molecule is O=C(N[C@@H](C(=O)O)[C@H]1CN2CCC1CC2)c1cccc(C(=O)N[C@@H](C(=O)O)[C@H]2CN3CCC2CC3)c1. The first-order chi connectivity index (χ1) is 17.3. The normalized spacial score (nSPS) is 32.3. The van der Waals surface area contributed by atoms with Gasteiger partial charge in [-0.1, -0.05) is 6.07 Å². The molecule has 4 atom stereocenters. The van der Waals surface area contributed by atoms with Crippen LogP contribution in [0.5, 0.6) is 0 Å². The van der Waals surface area contributed by atoms with E-state index in [1.54, 1.807) is 6.07 Å². The van der Waals surface area contributed by atoms with Crippen molar-refractivity contribution in [2.45, 2.75) is 37.8 Å². The first kappa shape index (κ1) is 24.7. The summed E-state index contributed by atoms with van der Waals surface area (Å²) in [6.45, 7) is 5.18. The average molecular weight is 499 g/mol. The van der Waals surface area contributed by atoms with Gasteiger partial charge < -0.3 is 30.6 Å². The number of nitrogens with zero attached hydrogens (tertiary/aromatic N) is 2. The van der Waals surface area contributed by atoms with Gasteiger partial charge >= 0.3 is 11.9 Å². The minimum absolute atomic E-state index is 0.154. The molecule has 6 aliphatic heterocycles. The molecule has 0 saturated carbocycles. The molecule has 6 heterocycles. The van der Waals surface area contributed by atoms with Crippen LogP contribution in [0.4, 0.5) is 0 Å². The molecule has 6 saturated heterocycles. The van der Waals surface area contributed by atoms with Crippen molar-refractivity contribution in [2.24, 2.45) is 23.7 Å². The third-order valence-corrected chi connectivity index (χ3v) is 8.76. The molecule has 194 valence electrons. The summed E-state index contributed by atoms with van der Waals surface area (Å²) in [5.41, 5.74) is 0.342. The van der Waals surface area contributed by atoms with E-state index in [-0.39, 0.29) is 34.8 Å². The maximum absolute atomic E-state index is 13.0. The average Bonchev–Trinajstić information content (AvgIpc) is 2.91. The number of hydrogen-bond donors (Lipinski definition) is 4. The van der Waals surface area contributed by atoms with Gasteiger partial charge in [-0.25, -0.2) is 9.59 Å². The molecule has 10 nitrogen and oxygen atoms in total. The predicted molar refractivity (Wildman–Crippen MR) is 130 cm³/mol. The van der Waals surface area contributed by atoms with E-state index >= 15 is 0 Å². The number of fused-ring (bicyclic) bond motifs is 6. The highest BCUT2D eigenvalue weighted by molar-refractivity contribution is 6.01. The molecule has 0 aromatic heterocycles. The van der Waals surface area contributed by atoms with Crippen LogP contribution in [0.25, 0.3) is 0 Å². The van der Waals surface area contributed by atoms with Crippen LogP contribution in [-0.2, 0) is 9.59 Å². The van der Waals surface area contributed by atoms with Crippen LogP contribution < -0.4 is 10.6 Å². The molecule has 1 aromatic carbocycles. The first-order valence-corrected chi connectivity index (χ1v) is 12.9. The van der Waals surface area contributed by atoms with Crippen LogP contribution in [0.3, 0.4) is 0 Å². The van der Waals surface area contributed by atoms with Gasteiger partial charge in [0.2, 0.25) is 0 Å². The summed E-state index contributed by atoms with van der Waals surface area (Å²) in [4.78, 5) is 54.6. The van der Waals surface area contributed by atoms with E-state index in [2.05, 4.69) is 20.4 Å². The summed E-state index contributed by atoms with van der Waals surface area (Å²) >= 11 is 0. The Balaban J connectivity index is 1.27. The van der Waals surface area contributed by atoms with Crippen LogP contribution in [0.2, 0.25) is 0 Å². The van der Waals surface area contributed by atoms with Crippen molar-refractivity contribution in [3.05, 3.63) is 35.4 Å². The Labute approximate surface area is 210 Å². The third-order valence-electron chi connectivity index (χ3n) is 8.76. The molecular formula is C26H34N4O6. The Kier molecular flexibility index (Phi) is 6.98. The quantitative estimate of drug-likeness (QED) is 0.412. The van der Waals surface area contributed by atoms with Crippen molar-refractivity contribution in [3.63, 3.8) is 0 Å². The zero-order valence-electron chi connectivity index (χ0n) is 20.3. The topological polar surface area (TPSA) is 139 Å². The van der Waals surface area contributed by atoms with Gasteiger partial charge in [-0.15, -0.1) is 0 Å². The second-order valence-electron chi connectivity index (χ2n) is 10.8. The minimum Gasteiger partial charge on any atom is -0.480 e. The number of benzene rings is 1. The van der Waals surface area contributed by atoms with E-state index in [0.29, 0.717) is 13.1 Å². The van der Waals surface area contributed by atoms with Crippen molar-refractivity contribution >= 4 is 23.8 Å². The maximum atomic E-state index is 13.0. The number of carboxylic acids is 2. The molecule has 1 aromatic rings. The third kappa shape index (κ3) is 4.97. The lowest BCUT2D eigenvalue weighted by molar-refractivity contribution is -0.143. The molecule has 0 radical (unpaired) electrons. The van der Waals surface area contributed by atoms with Gasteiger partial charge in [0.25, 0.3) is 11.8 Å². The van der Waals surface area contributed by atoms with Gasteiger partial charge in [0, 0.05) is 36.1 Å². The summed E-state index contributed by atoms with van der Waals surface area (Å²) in [5, 5.41) is 25.1. The largest absolute Gasteiger partial charge is 0.480 e. The van der Waals surface area contributed by atoms with Gasteiger partial charge in [-0.05, 0) is 81.9 Å². The van der Waals surface area contributed by atoms with Gasteiger partial charge in [-0.2, -0.15) is 0 Å². The lowest BCUT2D eigenvalue weighted by Crippen LogP contribution is -2.58. The number of aliphatic carboxylic acids is 2. The van der Waals surface area contributed by atoms with Gasteiger partial charge in [0.15, 0.2) is 0 Å². The van der Waals surface area contributed by atoms with E-state index in [1.807, 2.05) is 0 Å². The minimum atomic E-state index is -1.06. The van der Waals surface area contributed by atoms with E-state index in [4.69, 9.17) is 0 Å². The van der Waals surface area contributed by atoms with E-state index in [0.717, 1.165) is 51.9 Å². The second-order valence-corrected chi connectivity index (χ2v) is 10.8. The van der Waals surface area contributed by atoms with E-state index in [9.17, 15) is 29.4 Å². The van der Waals surface area contributed by atoms with Gasteiger partial charge in [-0.3, -0.25) is 9.59 Å². The zero-order valence-corrected chi connectivity index (χ0v) is 20.3. The Morgan fingerprint density at radius 1 is 0.722 bits per heavy atom. The highest BCUT2D eigenvalue weighted by Crippen LogP contribution is 2.35. The fourth-order valence-electron chi connectivity index (χ4n) is 6.73. The summed E-state index contributed by atoms with van der Waals surface area (Å²) in [6.07, 6.45) is 3.74. The highest BCUT2D eigenvalue weighted by atomic mass is 16.4. The monoisotopic (exact) mass is 498 g/mol. The number of amides is 2. The van der Waals surface area contributed by atoms with E-state index < -0.39 is 35.8 Å². The number of nitrogens with one attached hydrogen (secondary N) is 2. The number of carboxylic acid groups (broad SMARTS) is 2. The summed E-state index contributed by atoms with van der Waals surface area (Å²) in [5.74, 6) is -2.99. The maximum Gasteiger partial charge on any atom is 0.326 e. The molecule has 2 amide bonds. The van der Waals surface area contributed by atoms with Crippen molar-refractivity contribution in [1.29, 1.82) is 0 Å². The fourth-order valence-corrected chi connectivity index (χ4v) is 6.73. The lowest BCUT2D eigenvalue weighted by Gasteiger charge is -2.46. The van der Waals surface area contributed by atoms with Crippen LogP contribution in [0.15, 0.2) is 24.3 Å². The Bertz CT molecular complexity index is 954. The Morgan fingerprint density at radius 3 is 1.42 bits per heavy atom. The van der Waals surface area contributed by atoms with Gasteiger partial charge in [0.05, 0.1) is 0 Å². The molecule has 4 bridgehead atoms. The molecule has 6 fully saturated rings. The fraction of sp³-hybridized carbons (Fsp3) is 0.615. The number of carbonyl (C=O) groups is 4. The van der Waals surface area contributed by atoms with Gasteiger partial charge in [0.1, 0.15) is 12.1 Å². The standard InChI is InChI=1S/C26H34N4O6/c31-23(27-21(25(33)34)19-13-29-8-4-15(19)5-9-29)17-2-1-3-18(12-17)24(32)28-22(26(35)36)20-14-30-10-6-16(20)7-11-30/h1-3,12,15-16,19-22H,4-11,13-14H2,(H,27,31)(H,28,32)(H,33,34)(H,35,36)/t19-,20-,21+,22+/m0/s1. The lowest BCUT2D eigenvalue weighted by atomic mass is 9.75. The summed E-state index contributed by atoms with van der Waals surface area (Å²) in [7, 11) is 0. The Morgan fingerprint density at radius 2 is 1.11 bits per heavy atom. The molecule has 7 rings (SSSR count). The van der Waals surface area contributed by atoms with Crippen LogP contribution >= 0.6 is 0 Å². The number of rotatable bonds is 8. The molecule has 36 heavy (non-hydrogen) atoms. The van der Waals surface area contributed by atoms with E-state index in [1.165, 1.54) is 18.2 Å². The summed E-state index contributed by atoms with van der Waals surface area (Å²) in [6, 6.07) is 4.01. The molecule has 10 heteroatoms. The number of piperidine rings is 6. The van der Waals surface area contributed by atoms with Crippen molar-refractivity contribution in [2.75, 3.05) is 39.3 Å². The zero-order chi connectivity index (χ0) is 25.4. The first-order valence-electron chi connectivity index (χ1n) is 12.9. The van der Waals surface area contributed by atoms with Crippen LogP contribution in [0.1, 0.15) is 46.4 Å². The van der Waals surface area contributed by atoms with Crippen molar-refractivity contribution in [3.8, 4) is 0 Å². The molecule has 6 aliphatic rings. The highest BCUT2D eigenvalue weighted by Gasteiger charge is 2.43. The smallest absolute Gasteiger partial charge is 0.326 e. The Hall–Kier alpha value is -2.98. The molecule has 4 N–H and O–H groups in total. The number of carbonyl (C=O) groups excluding carboxylic acids is 2. The molecule has 0 unspecified atom stereocenters. The predicted octanol–water partition coefficient (Wildman–Crippen LogP) is 0.736. The van der Waals surface area contributed by atoms with Crippen LogP contribution in [-0.4, -0.2) is 95.1 Å². The molecular weight excluding hydrogens is 464 g/mol.